The molecule has 26 heavy (non-hydrogen) atoms. The number of amides is 4. The van der Waals surface area contributed by atoms with Gasteiger partial charge >= 0.3 is 6.03 Å². The number of piperidine rings is 1. The first-order valence-electron chi connectivity index (χ1n) is 9.16. The van der Waals surface area contributed by atoms with Crippen LogP contribution in [0.5, 0.6) is 0 Å². The minimum Gasteiger partial charge on any atom is -0.354 e. The van der Waals surface area contributed by atoms with Gasteiger partial charge in [0.05, 0.1) is 5.92 Å². The van der Waals surface area contributed by atoms with Gasteiger partial charge in [-0.1, -0.05) is 6.07 Å². The first kappa shape index (κ1) is 18.2. The number of carbonyl (C=O) groups excluding carboxylic acids is 3. The molecule has 8 heteroatoms. The molecule has 0 radical (unpaired) electrons. The monoisotopic (exact) mass is 359 g/mol. The van der Waals surface area contributed by atoms with Gasteiger partial charge in [0.1, 0.15) is 5.82 Å². The van der Waals surface area contributed by atoms with Gasteiger partial charge in [0.2, 0.25) is 11.8 Å². The molecule has 4 amide bonds. The molecule has 1 saturated heterocycles. The molecule has 140 valence electrons. The molecule has 3 N–H and O–H groups in total. The Labute approximate surface area is 152 Å². The molecule has 1 aromatic heterocycles. The van der Waals surface area contributed by atoms with Crippen LogP contribution in [0.15, 0.2) is 24.4 Å². The van der Waals surface area contributed by atoms with Gasteiger partial charge < -0.3 is 20.9 Å². The van der Waals surface area contributed by atoms with Crippen molar-refractivity contribution in [2.45, 2.75) is 25.7 Å². The van der Waals surface area contributed by atoms with Crippen LogP contribution in [0.4, 0.5) is 10.6 Å². The van der Waals surface area contributed by atoms with Gasteiger partial charge in [-0.05, 0) is 37.8 Å². The van der Waals surface area contributed by atoms with Crippen molar-refractivity contribution >= 4 is 23.7 Å². The zero-order valence-electron chi connectivity index (χ0n) is 14.7. The van der Waals surface area contributed by atoms with Crippen molar-refractivity contribution in [3.8, 4) is 0 Å². The molecule has 8 nitrogen and oxygen atoms in total. The fourth-order valence-corrected chi connectivity index (χ4v) is 3.00. The lowest BCUT2D eigenvalue weighted by Crippen LogP contribution is -2.49. The highest BCUT2D eigenvalue weighted by Crippen LogP contribution is 2.28. The molecule has 1 atom stereocenters. The summed E-state index contributed by atoms with van der Waals surface area (Å²) in [7, 11) is 0. The predicted octanol–water partition coefficient (Wildman–Crippen LogP) is 0.968. The maximum atomic E-state index is 12.4. The van der Waals surface area contributed by atoms with Gasteiger partial charge in [0, 0.05) is 38.3 Å². The van der Waals surface area contributed by atoms with Crippen molar-refractivity contribution in [2.75, 3.05) is 31.5 Å². The first-order valence-corrected chi connectivity index (χ1v) is 9.16. The summed E-state index contributed by atoms with van der Waals surface area (Å²) in [6, 6.07) is 5.14. The summed E-state index contributed by atoms with van der Waals surface area (Å²) in [6.07, 6.45) is 5.09. The minimum atomic E-state index is -0.244. The van der Waals surface area contributed by atoms with E-state index in [0.717, 1.165) is 25.7 Å². The van der Waals surface area contributed by atoms with Crippen LogP contribution in [-0.2, 0) is 9.59 Å². The van der Waals surface area contributed by atoms with E-state index in [0.29, 0.717) is 32.0 Å². The average molecular weight is 359 g/mol. The molecule has 2 fully saturated rings. The van der Waals surface area contributed by atoms with Crippen LogP contribution in [0.3, 0.4) is 0 Å². The number of hydrogen-bond acceptors (Lipinski definition) is 4. The standard InChI is InChI=1S/C18H25N5O3/c24-16(13-6-7-13)20-9-10-21-18(26)23-11-3-4-14(12-23)17(25)22-15-5-1-2-8-19-15/h1-2,5,8,13-14H,3-4,6-7,9-12H2,(H,20,24)(H,21,26)(H,19,22,25)/t14-/m0/s1. The second kappa shape index (κ2) is 8.64. The van der Waals surface area contributed by atoms with E-state index in [-0.39, 0.29) is 29.7 Å². The van der Waals surface area contributed by atoms with Crippen molar-refractivity contribution in [1.29, 1.82) is 0 Å². The Kier molecular flexibility index (Phi) is 6.04. The van der Waals surface area contributed by atoms with E-state index in [1.807, 2.05) is 6.07 Å². The Morgan fingerprint density at radius 3 is 2.58 bits per heavy atom. The van der Waals surface area contributed by atoms with Crippen molar-refractivity contribution in [1.82, 2.24) is 20.5 Å². The van der Waals surface area contributed by atoms with E-state index >= 15 is 0 Å². The summed E-state index contributed by atoms with van der Waals surface area (Å²) in [5, 5.41) is 8.41. The quantitative estimate of drug-likeness (QED) is 0.658. The van der Waals surface area contributed by atoms with Crippen molar-refractivity contribution in [3.05, 3.63) is 24.4 Å². The molecule has 0 spiro atoms. The summed E-state index contributed by atoms with van der Waals surface area (Å²) in [5.41, 5.74) is 0. The van der Waals surface area contributed by atoms with Gasteiger partial charge in [-0.2, -0.15) is 0 Å². The number of urea groups is 1. The van der Waals surface area contributed by atoms with Crippen LogP contribution >= 0.6 is 0 Å². The topological polar surface area (TPSA) is 103 Å². The normalized spacial score (nSPS) is 19.5. The van der Waals surface area contributed by atoms with E-state index in [1.165, 1.54) is 0 Å². The molecular weight excluding hydrogens is 334 g/mol. The second-order valence-electron chi connectivity index (χ2n) is 6.79. The summed E-state index contributed by atoms with van der Waals surface area (Å²) in [6.45, 7) is 1.84. The predicted molar refractivity (Wildman–Crippen MR) is 96.3 cm³/mol. The third-order valence-corrected chi connectivity index (χ3v) is 4.64. The molecule has 1 aliphatic heterocycles. The highest BCUT2D eigenvalue weighted by atomic mass is 16.2. The Hall–Kier alpha value is -2.64. The molecule has 0 aromatic carbocycles. The molecule has 2 aliphatic rings. The number of nitrogens with one attached hydrogen (secondary N) is 3. The lowest BCUT2D eigenvalue weighted by atomic mass is 9.97. The Bertz CT molecular complexity index is 647. The number of hydrogen-bond donors (Lipinski definition) is 3. The number of aromatic nitrogens is 1. The maximum Gasteiger partial charge on any atom is 0.317 e. The lowest BCUT2D eigenvalue weighted by Gasteiger charge is -2.32. The van der Waals surface area contributed by atoms with Crippen LogP contribution in [-0.4, -0.2) is 53.9 Å². The lowest BCUT2D eigenvalue weighted by molar-refractivity contribution is -0.122. The van der Waals surface area contributed by atoms with Gasteiger partial charge in [-0.3, -0.25) is 9.59 Å². The van der Waals surface area contributed by atoms with E-state index in [1.54, 1.807) is 23.2 Å². The number of likely N-dealkylation sites (tertiary alicyclic amines) is 1. The van der Waals surface area contributed by atoms with Crippen LogP contribution in [0, 0.1) is 11.8 Å². The third-order valence-electron chi connectivity index (χ3n) is 4.64. The van der Waals surface area contributed by atoms with Gasteiger partial charge in [0.25, 0.3) is 0 Å². The number of pyridine rings is 1. The van der Waals surface area contributed by atoms with Crippen molar-refractivity contribution < 1.29 is 14.4 Å². The zero-order valence-corrected chi connectivity index (χ0v) is 14.7. The van der Waals surface area contributed by atoms with Crippen molar-refractivity contribution in [3.63, 3.8) is 0 Å². The van der Waals surface area contributed by atoms with E-state index < -0.39 is 0 Å². The first-order chi connectivity index (χ1) is 12.6. The van der Waals surface area contributed by atoms with Gasteiger partial charge in [-0.25, -0.2) is 9.78 Å². The molecular formula is C18H25N5O3. The summed E-state index contributed by atoms with van der Waals surface area (Å²) >= 11 is 0. The molecule has 1 aromatic rings. The fraction of sp³-hybridized carbons (Fsp3) is 0.556. The Morgan fingerprint density at radius 1 is 1.04 bits per heavy atom. The van der Waals surface area contributed by atoms with E-state index in [9.17, 15) is 14.4 Å². The largest absolute Gasteiger partial charge is 0.354 e. The maximum absolute atomic E-state index is 12.4. The summed E-state index contributed by atoms with van der Waals surface area (Å²) in [4.78, 5) is 41.9. The van der Waals surface area contributed by atoms with Crippen molar-refractivity contribution in [2.24, 2.45) is 11.8 Å². The summed E-state index contributed by atoms with van der Waals surface area (Å²) in [5.74, 6) is 0.407. The van der Waals surface area contributed by atoms with Gasteiger partial charge in [-0.15, -0.1) is 0 Å². The molecule has 1 saturated carbocycles. The van der Waals surface area contributed by atoms with Crippen LogP contribution in [0.1, 0.15) is 25.7 Å². The highest BCUT2D eigenvalue weighted by Gasteiger charge is 2.30. The van der Waals surface area contributed by atoms with E-state index in [2.05, 4.69) is 20.9 Å². The molecule has 2 heterocycles. The van der Waals surface area contributed by atoms with E-state index in [4.69, 9.17) is 0 Å². The zero-order chi connectivity index (χ0) is 18.4. The minimum absolute atomic E-state index is 0.0727. The number of anilines is 1. The average Bonchev–Trinajstić information content (AvgIpc) is 3.51. The Morgan fingerprint density at radius 2 is 1.85 bits per heavy atom. The SMILES string of the molecule is O=C(NCCNC(=O)N1CCC[C@H](C(=O)Nc2ccccn2)C1)C1CC1. The highest BCUT2D eigenvalue weighted by molar-refractivity contribution is 5.92. The fourth-order valence-electron chi connectivity index (χ4n) is 3.00. The Balaban J connectivity index is 1.39. The third kappa shape index (κ3) is 5.18. The molecule has 1 aliphatic carbocycles. The van der Waals surface area contributed by atoms with Crippen LogP contribution in [0.2, 0.25) is 0 Å². The summed E-state index contributed by atoms with van der Waals surface area (Å²) < 4.78 is 0. The van der Waals surface area contributed by atoms with Crippen LogP contribution < -0.4 is 16.0 Å². The van der Waals surface area contributed by atoms with Crippen LogP contribution in [0.25, 0.3) is 0 Å². The molecule has 0 unspecified atom stereocenters. The smallest absolute Gasteiger partial charge is 0.317 e. The second-order valence-corrected chi connectivity index (χ2v) is 6.79. The van der Waals surface area contributed by atoms with Gasteiger partial charge in [0.15, 0.2) is 0 Å². The molecule has 3 rings (SSSR count). The number of carbonyl (C=O) groups is 3. The number of nitrogens with zero attached hydrogens (tertiary/aromatic N) is 2. The molecule has 0 bridgehead atoms. The number of rotatable bonds is 6.